The van der Waals surface area contributed by atoms with Crippen LogP contribution in [0.1, 0.15) is 76.2 Å². The van der Waals surface area contributed by atoms with Gasteiger partial charge in [0.2, 0.25) is 0 Å². The number of benzene rings is 1. The van der Waals surface area contributed by atoms with E-state index in [9.17, 15) is 14.7 Å². The number of nitrogens with zero attached hydrogens (tertiary/aromatic N) is 1. The van der Waals surface area contributed by atoms with Crippen molar-refractivity contribution in [2.45, 2.75) is 76.7 Å². The van der Waals surface area contributed by atoms with Crippen LogP contribution in [0.25, 0.3) is 0 Å². The maximum absolute atomic E-state index is 13.3. The second-order valence-electron chi connectivity index (χ2n) is 8.49. The lowest BCUT2D eigenvalue weighted by atomic mass is 9.71. The van der Waals surface area contributed by atoms with Gasteiger partial charge in [0.25, 0.3) is 0 Å². The van der Waals surface area contributed by atoms with Crippen molar-refractivity contribution in [3.05, 3.63) is 41.1 Å². The molecule has 0 saturated heterocycles. The molecule has 154 valence electrons. The standard InChI is InChI=1S/C24H29NO4/c1-15-21(24(28)29-18-10-4-2-3-5-11-18)22(16-8-6-9-17(26)14-16)23-19(25-15)12-7-13-20(23)27/h6,8-9,14,18,21-22,26H,2-5,7,10-13H2,1H3/t21?,22-/m0/s1. The van der Waals surface area contributed by atoms with Crippen LogP contribution in [-0.4, -0.2) is 28.7 Å². The van der Waals surface area contributed by atoms with Gasteiger partial charge in [-0.05, 0) is 63.1 Å². The van der Waals surface area contributed by atoms with Gasteiger partial charge >= 0.3 is 5.97 Å². The Bertz CT molecular complexity index is 861. The van der Waals surface area contributed by atoms with E-state index in [-0.39, 0.29) is 23.6 Å². The topological polar surface area (TPSA) is 76.0 Å². The SMILES string of the molecule is CC1=NC2=C(C(=O)CCC2)[C@@H](c2cccc(O)c2)C1C(=O)OC1CCCCCC1. The van der Waals surface area contributed by atoms with Crippen LogP contribution in [0, 0.1) is 5.92 Å². The Morgan fingerprint density at radius 1 is 1.10 bits per heavy atom. The predicted molar refractivity (Wildman–Crippen MR) is 111 cm³/mol. The number of carbonyl (C=O) groups excluding carboxylic acids is 2. The Balaban J connectivity index is 1.70. The van der Waals surface area contributed by atoms with Crippen molar-refractivity contribution in [2.24, 2.45) is 10.9 Å². The molecule has 4 rings (SSSR count). The summed E-state index contributed by atoms with van der Waals surface area (Å²) < 4.78 is 5.96. The van der Waals surface area contributed by atoms with Crippen molar-refractivity contribution in [2.75, 3.05) is 0 Å². The van der Waals surface area contributed by atoms with E-state index < -0.39 is 11.8 Å². The molecular weight excluding hydrogens is 366 g/mol. The minimum Gasteiger partial charge on any atom is -0.508 e. The summed E-state index contributed by atoms with van der Waals surface area (Å²) >= 11 is 0. The smallest absolute Gasteiger partial charge is 0.315 e. The maximum Gasteiger partial charge on any atom is 0.315 e. The zero-order valence-electron chi connectivity index (χ0n) is 17.0. The van der Waals surface area contributed by atoms with Gasteiger partial charge in [-0.2, -0.15) is 0 Å². The molecule has 2 atom stereocenters. The lowest BCUT2D eigenvalue weighted by Gasteiger charge is -2.35. The molecule has 0 bridgehead atoms. The molecular formula is C24H29NO4. The van der Waals surface area contributed by atoms with Gasteiger partial charge < -0.3 is 9.84 Å². The molecule has 0 radical (unpaired) electrons. The Hall–Kier alpha value is -2.43. The zero-order valence-corrected chi connectivity index (χ0v) is 17.0. The third-order valence-electron chi connectivity index (χ3n) is 6.40. The molecule has 1 aromatic rings. The van der Waals surface area contributed by atoms with Crippen molar-refractivity contribution in [1.29, 1.82) is 0 Å². The minimum atomic E-state index is -0.624. The van der Waals surface area contributed by atoms with E-state index in [2.05, 4.69) is 4.99 Å². The molecule has 1 fully saturated rings. The summed E-state index contributed by atoms with van der Waals surface area (Å²) in [6.45, 7) is 1.86. The lowest BCUT2D eigenvalue weighted by molar-refractivity contribution is -0.152. The highest BCUT2D eigenvalue weighted by molar-refractivity contribution is 6.08. The van der Waals surface area contributed by atoms with Crippen LogP contribution in [0.5, 0.6) is 5.75 Å². The van der Waals surface area contributed by atoms with Gasteiger partial charge in [-0.15, -0.1) is 0 Å². The molecule has 1 heterocycles. The predicted octanol–water partition coefficient (Wildman–Crippen LogP) is 4.84. The van der Waals surface area contributed by atoms with Gasteiger partial charge in [-0.3, -0.25) is 14.6 Å². The molecule has 1 aliphatic heterocycles. The number of carbonyl (C=O) groups is 2. The van der Waals surface area contributed by atoms with Crippen molar-refractivity contribution in [3.8, 4) is 5.75 Å². The molecule has 0 aromatic heterocycles. The first-order valence-electron chi connectivity index (χ1n) is 10.9. The summed E-state index contributed by atoms with van der Waals surface area (Å²) in [5, 5.41) is 10.0. The van der Waals surface area contributed by atoms with E-state index in [1.165, 1.54) is 12.8 Å². The third kappa shape index (κ3) is 4.14. The second-order valence-corrected chi connectivity index (χ2v) is 8.49. The molecule has 3 aliphatic rings. The maximum atomic E-state index is 13.3. The van der Waals surface area contributed by atoms with Crippen LogP contribution in [-0.2, 0) is 14.3 Å². The van der Waals surface area contributed by atoms with Gasteiger partial charge in [0.1, 0.15) is 17.8 Å². The van der Waals surface area contributed by atoms with Crippen LogP contribution < -0.4 is 0 Å². The monoisotopic (exact) mass is 395 g/mol. The van der Waals surface area contributed by atoms with Crippen LogP contribution >= 0.6 is 0 Å². The molecule has 2 aliphatic carbocycles. The Morgan fingerprint density at radius 3 is 2.59 bits per heavy atom. The number of allylic oxidation sites excluding steroid dienone is 2. The van der Waals surface area contributed by atoms with Crippen LogP contribution in [0.2, 0.25) is 0 Å². The third-order valence-corrected chi connectivity index (χ3v) is 6.40. The van der Waals surface area contributed by atoms with E-state index in [1.54, 1.807) is 18.2 Å². The molecule has 5 nitrogen and oxygen atoms in total. The van der Waals surface area contributed by atoms with Crippen molar-refractivity contribution < 1.29 is 19.4 Å². The lowest BCUT2D eigenvalue weighted by Crippen LogP contribution is -2.38. The van der Waals surface area contributed by atoms with E-state index >= 15 is 0 Å². The highest BCUT2D eigenvalue weighted by Crippen LogP contribution is 2.44. The molecule has 1 N–H and O–H groups in total. The molecule has 1 aromatic carbocycles. The van der Waals surface area contributed by atoms with E-state index in [1.807, 2.05) is 13.0 Å². The molecule has 5 heteroatoms. The van der Waals surface area contributed by atoms with Gasteiger partial charge in [0, 0.05) is 29.3 Å². The molecule has 0 amide bonds. The van der Waals surface area contributed by atoms with Crippen molar-refractivity contribution in [3.63, 3.8) is 0 Å². The molecule has 1 saturated carbocycles. The summed E-state index contributed by atoms with van der Waals surface area (Å²) in [5.41, 5.74) is 2.90. The van der Waals surface area contributed by atoms with Crippen LogP contribution in [0.15, 0.2) is 40.5 Å². The van der Waals surface area contributed by atoms with Gasteiger partial charge in [-0.25, -0.2) is 0 Å². The largest absolute Gasteiger partial charge is 0.508 e. The number of aliphatic imine (C=N–C) groups is 1. The number of Topliss-reactive ketones (excluding diaryl/α,β-unsaturated/α-hetero) is 1. The first kappa shape index (κ1) is 19.9. The Labute approximate surface area is 171 Å². The average Bonchev–Trinajstić information content (AvgIpc) is 2.95. The van der Waals surface area contributed by atoms with E-state index in [0.717, 1.165) is 49.8 Å². The number of ether oxygens (including phenoxy) is 1. The molecule has 29 heavy (non-hydrogen) atoms. The van der Waals surface area contributed by atoms with Crippen molar-refractivity contribution >= 4 is 17.5 Å². The highest BCUT2D eigenvalue weighted by atomic mass is 16.5. The first-order chi connectivity index (χ1) is 14.0. The van der Waals surface area contributed by atoms with Crippen molar-refractivity contribution in [1.82, 2.24) is 0 Å². The fourth-order valence-electron chi connectivity index (χ4n) is 4.99. The van der Waals surface area contributed by atoms with Crippen LogP contribution in [0.3, 0.4) is 0 Å². The molecule has 1 unspecified atom stereocenters. The summed E-state index contributed by atoms with van der Waals surface area (Å²) in [6, 6.07) is 6.89. The summed E-state index contributed by atoms with van der Waals surface area (Å²) in [4.78, 5) is 30.9. The first-order valence-corrected chi connectivity index (χ1v) is 10.9. The number of phenolic OH excluding ortho intramolecular Hbond substituents is 1. The van der Waals surface area contributed by atoms with Gasteiger partial charge in [-0.1, -0.05) is 25.0 Å². The summed E-state index contributed by atoms with van der Waals surface area (Å²) in [5.74, 6) is -1.18. The minimum absolute atomic E-state index is 0.0555. The quantitative estimate of drug-likeness (QED) is 0.587. The normalized spacial score (nSPS) is 25.8. The highest BCUT2D eigenvalue weighted by Gasteiger charge is 2.43. The van der Waals surface area contributed by atoms with Gasteiger partial charge in [0.05, 0.1) is 0 Å². The number of ketones is 1. The number of aromatic hydroxyl groups is 1. The Morgan fingerprint density at radius 2 is 1.86 bits per heavy atom. The van der Waals surface area contributed by atoms with E-state index in [0.29, 0.717) is 17.7 Å². The fourth-order valence-corrected chi connectivity index (χ4v) is 4.99. The number of hydrogen-bond acceptors (Lipinski definition) is 5. The fraction of sp³-hybridized carbons (Fsp3) is 0.542. The second kappa shape index (κ2) is 8.52. The number of rotatable bonds is 3. The van der Waals surface area contributed by atoms with Crippen LogP contribution in [0.4, 0.5) is 0 Å². The average molecular weight is 395 g/mol. The Kier molecular flexibility index (Phi) is 5.84. The van der Waals surface area contributed by atoms with E-state index in [4.69, 9.17) is 4.74 Å². The van der Waals surface area contributed by atoms with Gasteiger partial charge in [0.15, 0.2) is 5.78 Å². The number of hydrogen-bond donors (Lipinski definition) is 1. The number of esters is 1. The summed E-state index contributed by atoms with van der Waals surface area (Å²) in [6.07, 6.45) is 8.31. The number of phenols is 1. The zero-order chi connectivity index (χ0) is 20.4. The summed E-state index contributed by atoms with van der Waals surface area (Å²) in [7, 11) is 0. The molecule has 0 spiro atoms.